The molecular formula is C26H20N6O6S2. The van der Waals surface area contributed by atoms with Crippen molar-refractivity contribution in [1.29, 1.82) is 0 Å². The molecule has 5 rings (SSSR count). The van der Waals surface area contributed by atoms with Gasteiger partial charge in [-0.15, -0.1) is 10.2 Å². The van der Waals surface area contributed by atoms with Crippen LogP contribution < -0.4 is 10.9 Å². The van der Waals surface area contributed by atoms with Crippen molar-refractivity contribution in [2.24, 2.45) is 20.7 Å². The zero-order chi connectivity index (χ0) is 28.3. The van der Waals surface area contributed by atoms with Crippen LogP contribution in [0.2, 0.25) is 0 Å². The molecule has 12 nitrogen and oxygen atoms in total. The van der Waals surface area contributed by atoms with Crippen LogP contribution in [0.4, 0.5) is 22.7 Å². The van der Waals surface area contributed by atoms with Gasteiger partial charge in [0.2, 0.25) is 0 Å². The van der Waals surface area contributed by atoms with Crippen molar-refractivity contribution < 1.29 is 25.9 Å². The van der Waals surface area contributed by atoms with Crippen LogP contribution in [0.5, 0.6) is 0 Å². The summed E-state index contributed by atoms with van der Waals surface area (Å²) in [5, 5.41) is 18.9. The van der Waals surface area contributed by atoms with Crippen LogP contribution in [0.1, 0.15) is 0 Å². The van der Waals surface area contributed by atoms with Gasteiger partial charge in [-0.2, -0.15) is 16.8 Å². The van der Waals surface area contributed by atoms with Gasteiger partial charge in [-0.3, -0.25) is 20.0 Å². The summed E-state index contributed by atoms with van der Waals surface area (Å²) in [5.41, 5.74) is 7.94. The summed E-state index contributed by atoms with van der Waals surface area (Å²) in [6.45, 7) is 0. The lowest BCUT2D eigenvalue weighted by Gasteiger charge is -2.05. The summed E-state index contributed by atoms with van der Waals surface area (Å²) in [4.78, 5) is -0.404. The van der Waals surface area contributed by atoms with Crippen LogP contribution in [0.15, 0.2) is 128 Å². The lowest BCUT2D eigenvalue weighted by Crippen LogP contribution is -1.97. The minimum absolute atomic E-state index is 0.202. The van der Waals surface area contributed by atoms with E-state index in [1.54, 1.807) is 72.8 Å². The molecular weight excluding hydrogens is 556 g/mol. The van der Waals surface area contributed by atoms with E-state index in [-0.39, 0.29) is 9.79 Å². The number of hydrogen-bond donors (Lipinski definition) is 4. The number of nitrogens with zero attached hydrogens (tertiary/aromatic N) is 4. The molecule has 0 atom stereocenters. The lowest BCUT2D eigenvalue weighted by molar-refractivity contribution is 0.481. The molecule has 5 aromatic rings. The van der Waals surface area contributed by atoms with Gasteiger partial charge in [-0.1, -0.05) is 46.8 Å². The smallest absolute Gasteiger partial charge is 0.282 e. The quantitative estimate of drug-likeness (QED) is 0.0892. The maximum atomic E-state index is 11.4. The molecule has 0 bridgehead atoms. The third kappa shape index (κ3) is 6.10. The molecule has 0 spiro atoms. The van der Waals surface area contributed by atoms with E-state index in [1.807, 2.05) is 0 Å². The fourth-order valence-corrected chi connectivity index (χ4v) is 4.91. The fourth-order valence-electron chi connectivity index (χ4n) is 3.88. The zero-order valence-electron chi connectivity index (χ0n) is 20.4. The summed E-state index contributed by atoms with van der Waals surface area (Å²) >= 11 is 0. The number of benzene rings is 5. The predicted molar refractivity (Wildman–Crippen MR) is 150 cm³/mol. The van der Waals surface area contributed by atoms with Crippen molar-refractivity contribution in [3.05, 3.63) is 97.1 Å². The third-order valence-electron chi connectivity index (χ3n) is 5.81. The average molecular weight is 577 g/mol. The van der Waals surface area contributed by atoms with Gasteiger partial charge in [0, 0.05) is 10.8 Å². The number of hydrogen-bond acceptors (Lipinski definition) is 8. The first kappa shape index (κ1) is 26.8. The second-order valence-electron chi connectivity index (χ2n) is 8.47. The maximum absolute atomic E-state index is 11.4. The molecule has 0 saturated heterocycles. The first-order chi connectivity index (χ1) is 19.1. The Labute approximate surface area is 228 Å². The van der Waals surface area contributed by atoms with Crippen LogP contribution in [0, 0.1) is 0 Å². The highest BCUT2D eigenvalue weighted by atomic mass is 32.2. The first-order valence-electron chi connectivity index (χ1n) is 11.5. The van der Waals surface area contributed by atoms with Crippen molar-refractivity contribution in [3.63, 3.8) is 0 Å². The Morgan fingerprint density at radius 1 is 0.525 bits per heavy atom. The Bertz CT molecular complexity index is 1870. The van der Waals surface area contributed by atoms with Crippen LogP contribution in [0.25, 0.3) is 21.5 Å². The van der Waals surface area contributed by atoms with Gasteiger partial charge < -0.3 is 0 Å². The molecule has 0 aliphatic heterocycles. The normalized spacial score (nSPS) is 12.4. The highest BCUT2D eigenvalue weighted by Gasteiger charge is 2.12. The molecule has 0 unspecified atom stereocenters. The Kier molecular flexibility index (Phi) is 7.23. The van der Waals surface area contributed by atoms with Gasteiger partial charge in [-0.05, 0) is 71.4 Å². The monoisotopic (exact) mass is 576 g/mol. The molecule has 0 aliphatic carbocycles. The number of anilines is 2. The molecule has 5 aromatic carbocycles. The van der Waals surface area contributed by atoms with Crippen molar-refractivity contribution in [2.45, 2.75) is 9.79 Å². The zero-order valence-corrected chi connectivity index (χ0v) is 22.0. The molecule has 202 valence electrons. The average Bonchev–Trinajstić information content (AvgIpc) is 2.92. The molecule has 0 saturated carbocycles. The second-order valence-corrected chi connectivity index (χ2v) is 11.3. The molecule has 0 aromatic heterocycles. The summed E-state index contributed by atoms with van der Waals surface area (Å²) in [6, 6.07) is 25.7. The Balaban J connectivity index is 1.24. The van der Waals surface area contributed by atoms with Gasteiger partial charge in [-0.25, -0.2) is 0 Å². The number of fused-ring (bicyclic) bond motifs is 2. The van der Waals surface area contributed by atoms with E-state index in [4.69, 9.17) is 0 Å². The van der Waals surface area contributed by atoms with Crippen molar-refractivity contribution in [1.82, 2.24) is 0 Å². The third-order valence-corrected chi connectivity index (χ3v) is 7.51. The largest absolute Gasteiger partial charge is 0.294 e. The van der Waals surface area contributed by atoms with E-state index < -0.39 is 20.2 Å². The van der Waals surface area contributed by atoms with Gasteiger partial charge in [0.05, 0.1) is 32.5 Å². The highest BCUT2D eigenvalue weighted by Crippen LogP contribution is 2.30. The van der Waals surface area contributed by atoms with Crippen LogP contribution in [-0.4, -0.2) is 25.9 Å². The molecule has 0 fully saturated rings. The number of nitrogens with one attached hydrogen (secondary N) is 2. The highest BCUT2D eigenvalue weighted by molar-refractivity contribution is 7.86. The topological polar surface area (TPSA) is 182 Å². The van der Waals surface area contributed by atoms with E-state index in [2.05, 4.69) is 31.5 Å². The second kappa shape index (κ2) is 10.8. The van der Waals surface area contributed by atoms with Gasteiger partial charge in [0.25, 0.3) is 20.2 Å². The summed E-state index contributed by atoms with van der Waals surface area (Å²) in [6.07, 6.45) is 0. The van der Waals surface area contributed by atoms with E-state index in [9.17, 15) is 25.9 Å². The molecule has 0 heterocycles. The Morgan fingerprint density at radius 3 is 1.30 bits per heavy atom. The van der Waals surface area contributed by atoms with E-state index in [0.29, 0.717) is 44.3 Å². The van der Waals surface area contributed by atoms with Crippen LogP contribution in [-0.2, 0) is 20.2 Å². The molecule has 40 heavy (non-hydrogen) atoms. The van der Waals surface area contributed by atoms with E-state index in [1.165, 1.54) is 24.3 Å². The SMILES string of the molecule is O=S(=O)(O)c1ccc2c(N=NNc3ccc(NN=Nc4cccc5cc(S(=O)(=O)O)ccc45)cc3)cccc2c1. The van der Waals surface area contributed by atoms with E-state index in [0.717, 1.165) is 0 Å². The molecule has 0 amide bonds. The fraction of sp³-hybridized carbons (Fsp3) is 0. The minimum Gasteiger partial charge on any atom is -0.282 e. The van der Waals surface area contributed by atoms with Crippen molar-refractivity contribution in [3.8, 4) is 0 Å². The Hall–Kier alpha value is -4.76. The van der Waals surface area contributed by atoms with Gasteiger partial charge in [0.1, 0.15) is 0 Å². The van der Waals surface area contributed by atoms with Crippen molar-refractivity contribution >= 4 is 64.5 Å². The summed E-state index contributed by atoms with van der Waals surface area (Å²) in [5.74, 6) is 0. The standard InChI is InChI=1S/C26H20N6O6S2/c33-39(34,35)21-11-13-23-17(15-21)3-1-5-25(23)29-31-27-19-7-9-20(10-8-19)28-32-30-26-6-2-4-18-16-22(40(36,37)38)12-14-24(18)26/h1-16H,(H,27,29)(H,28,30)(H,33,34,35)(H,36,37,38). The van der Waals surface area contributed by atoms with Gasteiger partial charge >= 0.3 is 0 Å². The first-order valence-corrected chi connectivity index (χ1v) is 14.4. The van der Waals surface area contributed by atoms with E-state index >= 15 is 0 Å². The van der Waals surface area contributed by atoms with Crippen LogP contribution >= 0.6 is 0 Å². The number of rotatable bonds is 8. The molecule has 0 aliphatic rings. The summed E-state index contributed by atoms with van der Waals surface area (Å²) in [7, 11) is -8.62. The molecule has 0 radical (unpaired) electrons. The summed E-state index contributed by atoms with van der Waals surface area (Å²) < 4.78 is 64.1. The van der Waals surface area contributed by atoms with Crippen LogP contribution in [0.3, 0.4) is 0 Å². The lowest BCUT2D eigenvalue weighted by atomic mass is 10.1. The maximum Gasteiger partial charge on any atom is 0.294 e. The molecule has 14 heteroatoms. The van der Waals surface area contributed by atoms with Gasteiger partial charge in [0.15, 0.2) is 0 Å². The molecule has 4 N–H and O–H groups in total. The predicted octanol–water partition coefficient (Wildman–Crippen LogP) is 6.71. The van der Waals surface area contributed by atoms with Crippen molar-refractivity contribution in [2.75, 3.05) is 10.9 Å². The minimum atomic E-state index is -4.31. The Morgan fingerprint density at radius 2 is 0.925 bits per heavy atom.